The van der Waals surface area contributed by atoms with Crippen molar-refractivity contribution in [2.75, 3.05) is 6.26 Å². The molecule has 0 amide bonds. The maximum atomic E-state index is 12.0. The Balaban J connectivity index is 2.62. The molecule has 0 unspecified atom stereocenters. The molecular formula is C15H15NO4S. The molecule has 0 aliphatic carbocycles. The zero-order chi connectivity index (χ0) is 15.6. The van der Waals surface area contributed by atoms with Gasteiger partial charge in [0.2, 0.25) is 0 Å². The van der Waals surface area contributed by atoms with Gasteiger partial charge in [0.15, 0.2) is 9.84 Å². The SMILES string of the molecule is Cc1c(C(=O)O)ccc(Cc2cccnc2)c1S(C)(=O)=O. The number of pyridine rings is 1. The average Bonchev–Trinajstić information content (AvgIpc) is 2.38. The summed E-state index contributed by atoms with van der Waals surface area (Å²) in [6.45, 7) is 1.52. The minimum atomic E-state index is -3.52. The summed E-state index contributed by atoms with van der Waals surface area (Å²) in [6, 6.07) is 6.62. The molecule has 1 N–H and O–H groups in total. The summed E-state index contributed by atoms with van der Waals surface area (Å²) in [4.78, 5) is 15.3. The van der Waals surface area contributed by atoms with Crippen LogP contribution in [0.1, 0.15) is 27.0 Å². The van der Waals surface area contributed by atoms with Crippen LogP contribution in [0.5, 0.6) is 0 Å². The van der Waals surface area contributed by atoms with Crippen LogP contribution >= 0.6 is 0 Å². The van der Waals surface area contributed by atoms with E-state index in [-0.39, 0.29) is 16.0 Å². The van der Waals surface area contributed by atoms with Gasteiger partial charge in [-0.1, -0.05) is 12.1 Å². The van der Waals surface area contributed by atoms with Gasteiger partial charge < -0.3 is 5.11 Å². The van der Waals surface area contributed by atoms with Crippen LogP contribution in [-0.2, 0) is 16.3 Å². The molecular weight excluding hydrogens is 290 g/mol. The Morgan fingerprint density at radius 2 is 2.00 bits per heavy atom. The number of aromatic carboxylic acids is 1. The number of aromatic nitrogens is 1. The molecule has 21 heavy (non-hydrogen) atoms. The van der Waals surface area contributed by atoms with E-state index >= 15 is 0 Å². The Hall–Kier alpha value is -2.21. The molecule has 6 heteroatoms. The van der Waals surface area contributed by atoms with Crippen LogP contribution in [0.3, 0.4) is 0 Å². The molecule has 1 heterocycles. The molecule has 0 fully saturated rings. The molecule has 110 valence electrons. The summed E-state index contributed by atoms with van der Waals surface area (Å²) in [5.41, 5.74) is 1.72. The predicted octanol–water partition coefficient (Wildman–Crippen LogP) is 2.08. The number of hydrogen-bond acceptors (Lipinski definition) is 4. The van der Waals surface area contributed by atoms with Gasteiger partial charge in [0, 0.05) is 25.1 Å². The Labute approximate surface area is 123 Å². The third-order valence-electron chi connectivity index (χ3n) is 3.21. The van der Waals surface area contributed by atoms with Gasteiger partial charge in [0.25, 0.3) is 0 Å². The molecule has 5 nitrogen and oxygen atoms in total. The Morgan fingerprint density at radius 1 is 1.29 bits per heavy atom. The molecule has 1 aromatic carbocycles. The van der Waals surface area contributed by atoms with E-state index in [1.165, 1.54) is 13.0 Å². The van der Waals surface area contributed by atoms with Crippen LogP contribution in [-0.4, -0.2) is 30.7 Å². The minimum absolute atomic E-state index is 0.00496. The summed E-state index contributed by atoms with van der Waals surface area (Å²) in [5.74, 6) is -1.13. The zero-order valence-corrected chi connectivity index (χ0v) is 12.5. The fourth-order valence-corrected chi connectivity index (χ4v) is 3.64. The maximum absolute atomic E-state index is 12.0. The van der Waals surface area contributed by atoms with Crippen LogP contribution < -0.4 is 0 Å². The van der Waals surface area contributed by atoms with E-state index in [1.807, 2.05) is 6.07 Å². The van der Waals surface area contributed by atoms with Gasteiger partial charge in [-0.3, -0.25) is 4.98 Å². The van der Waals surface area contributed by atoms with Gasteiger partial charge in [-0.25, -0.2) is 13.2 Å². The molecule has 0 aliphatic heterocycles. The first-order chi connectivity index (χ1) is 9.80. The fraction of sp³-hybridized carbons (Fsp3) is 0.200. The summed E-state index contributed by atoms with van der Waals surface area (Å²) < 4.78 is 24.1. The van der Waals surface area contributed by atoms with Crippen molar-refractivity contribution in [3.63, 3.8) is 0 Å². The van der Waals surface area contributed by atoms with Crippen molar-refractivity contribution in [3.05, 3.63) is 58.9 Å². The molecule has 0 saturated carbocycles. The Kier molecular flexibility index (Phi) is 4.09. The van der Waals surface area contributed by atoms with Gasteiger partial charge in [-0.2, -0.15) is 0 Å². The number of sulfone groups is 1. The molecule has 0 aliphatic rings. The van der Waals surface area contributed by atoms with Gasteiger partial charge in [-0.05, 0) is 35.7 Å². The van der Waals surface area contributed by atoms with Crippen molar-refractivity contribution in [3.8, 4) is 0 Å². The van der Waals surface area contributed by atoms with Gasteiger partial charge in [0.1, 0.15) is 0 Å². The maximum Gasteiger partial charge on any atom is 0.335 e. The number of benzene rings is 1. The highest BCUT2D eigenvalue weighted by atomic mass is 32.2. The fourth-order valence-electron chi connectivity index (χ4n) is 2.36. The molecule has 0 spiro atoms. The number of hydrogen-bond donors (Lipinski definition) is 1. The molecule has 0 radical (unpaired) electrons. The smallest absolute Gasteiger partial charge is 0.335 e. The molecule has 0 bridgehead atoms. The van der Waals surface area contributed by atoms with E-state index in [9.17, 15) is 13.2 Å². The monoisotopic (exact) mass is 305 g/mol. The first kappa shape index (κ1) is 15.2. The average molecular weight is 305 g/mol. The quantitative estimate of drug-likeness (QED) is 0.935. The number of rotatable bonds is 4. The largest absolute Gasteiger partial charge is 0.478 e. The van der Waals surface area contributed by atoms with Crippen LogP contribution in [0.15, 0.2) is 41.6 Å². The minimum Gasteiger partial charge on any atom is -0.478 e. The third-order valence-corrected chi connectivity index (χ3v) is 4.52. The third kappa shape index (κ3) is 3.28. The van der Waals surface area contributed by atoms with Crippen molar-refractivity contribution >= 4 is 15.8 Å². The lowest BCUT2D eigenvalue weighted by Gasteiger charge is -2.13. The van der Waals surface area contributed by atoms with E-state index in [0.717, 1.165) is 11.8 Å². The molecule has 0 saturated heterocycles. The standard InChI is InChI=1S/C15H15NO4S/c1-10-13(15(17)18)6-5-12(14(10)21(2,19)20)8-11-4-3-7-16-9-11/h3-7,9H,8H2,1-2H3,(H,17,18). The van der Waals surface area contributed by atoms with E-state index < -0.39 is 15.8 Å². The number of carboxylic acid groups (broad SMARTS) is 1. The second-order valence-corrected chi connectivity index (χ2v) is 6.79. The Bertz CT molecular complexity index is 783. The first-order valence-electron chi connectivity index (χ1n) is 6.25. The number of carboxylic acids is 1. The normalized spacial score (nSPS) is 11.3. The van der Waals surface area contributed by atoms with E-state index in [4.69, 9.17) is 5.11 Å². The van der Waals surface area contributed by atoms with Crippen LogP contribution in [0.25, 0.3) is 0 Å². The zero-order valence-electron chi connectivity index (χ0n) is 11.7. The van der Waals surface area contributed by atoms with Crippen LogP contribution in [0, 0.1) is 6.92 Å². The first-order valence-corrected chi connectivity index (χ1v) is 8.14. The van der Waals surface area contributed by atoms with Crippen molar-refractivity contribution in [2.24, 2.45) is 0 Å². The lowest BCUT2D eigenvalue weighted by Crippen LogP contribution is -2.10. The van der Waals surface area contributed by atoms with Gasteiger partial charge in [0.05, 0.1) is 10.5 Å². The highest BCUT2D eigenvalue weighted by Gasteiger charge is 2.21. The van der Waals surface area contributed by atoms with Crippen molar-refractivity contribution in [1.82, 2.24) is 4.98 Å². The van der Waals surface area contributed by atoms with E-state index in [1.54, 1.807) is 24.5 Å². The van der Waals surface area contributed by atoms with Gasteiger partial charge >= 0.3 is 5.97 Å². The Morgan fingerprint density at radius 3 is 2.52 bits per heavy atom. The summed E-state index contributed by atoms with van der Waals surface area (Å²) in [6.07, 6.45) is 4.77. The van der Waals surface area contributed by atoms with Crippen molar-refractivity contribution < 1.29 is 18.3 Å². The summed E-state index contributed by atoms with van der Waals surface area (Å²) in [5, 5.41) is 9.13. The van der Waals surface area contributed by atoms with Gasteiger partial charge in [-0.15, -0.1) is 0 Å². The van der Waals surface area contributed by atoms with E-state index in [2.05, 4.69) is 4.98 Å². The molecule has 1 aromatic heterocycles. The number of nitrogens with zero attached hydrogens (tertiary/aromatic N) is 1. The predicted molar refractivity (Wildman–Crippen MR) is 78.3 cm³/mol. The lowest BCUT2D eigenvalue weighted by molar-refractivity contribution is 0.0696. The van der Waals surface area contributed by atoms with Crippen LogP contribution in [0.2, 0.25) is 0 Å². The molecule has 2 rings (SSSR count). The van der Waals surface area contributed by atoms with Crippen LogP contribution in [0.4, 0.5) is 0 Å². The van der Waals surface area contributed by atoms with E-state index in [0.29, 0.717) is 12.0 Å². The number of carbonyl (C=O) groups is 1. The topological polar surface area (TPSA) is 84.3 Å². The van der Waals surface area contributed by atoms with Crippen molar-refractivity contribution in [2.45, 2.75) is 18.2 Å². The second kappa shape index (κ2) is 5.65. The summed E-state index contributed by atoms with van der Waals surface area (Å²) in [7, 11) is -3.52. The highest BCUT2D eigenvalue weighted by molar-refractivity contribution is 7.90. The van der Waals surface area contributed by atoms with Crippen molar-refractivity contribution in [1.29, 1.82) is 0 Å². The molecule has 0 atom stereocenters. The second-order valence-electron chi connectivity index (χ2n) is 4.84. The molecule has 2 aromatic rings. The lowest BCUT2D eigenvalue weighted by atomic mass is 10.0. The highest BCUT2D eigenvalue weighted by Crippen LogP contribution is 2.26. The summed E-state index contributed by atoms with van der Waals surface area (Å²) >= 11 is 0.